The molecular weight excluding hydrogens is 237 g/mol. The maximum Gasteiger partial charge on any atom is 0.123 e. The average Bonchev–Trinajstić information content (AvgIpc) is 2.83. The molecule has 1 nitrogen and oxygen atoms in total. The Labute approximate surface area is 107 Å². The molecule has 0 amide bonds. The molecule has 0 aromatic heterocycles. The third kappa shape index (κ3) is 3.43. The molecule has 0 saturated heterocycles. The van der Waals surface area contributed by atoms with E-state index >= 15 is 0 Å². The summed E-state index contributed by atoms with van der Waals surface area (Å²) in [6, 6.07) is 5.01. The highest BCUT2D eigenvalue weighted by Crippen LogP contribution is 2.28. The van der Waals surface area contributed by atoms with Crippen molar-refractivity contribution in [2.75, 3.05) is 0 Å². The monoisotopic (exact) mass is 255 g/mol. The third-order valence-electron chi connectivity index (χ3n) is 3.73. The number of nitrogens with one attached hydrogen (secondary N) is 1. The molecule has 1 saturated carbocycles. The normalized spacial score (nSPS) is 18.5. The first-order valence-corrected chi connectivity index (χ1v) is 6.72. The first kappa shape index (κ1) is 12.8. The van der Waals surface area contributed by atoms with E-state index in [9.17, 15) is 4.39 Å². The van der Waals surface area contributed by atoms with E-state index in [1.54, 1.807) is 6.07 Å². The van der Waals surface area contributed by atoms with Crippen molar-refractivity contribution in [2.45, 2.75) is 45.2 Å². The lowest BCUT2D eigenvalue weighted by Gasteiger charge is -2.20. The van der Waals surface area contributed by atoms with Gasteiger partial charge >= 0.3 is 0 Å². The van der Waals surface area contributed by atoms with Gasteiger partial charge in [-0.15, -0.1) is 0 Å². The molecule has 94 valence electrons. The zero-order valence-electron chi connectivity index (χ0n) is 10.2. The minimum absolute atomic E-state index is 0.222. The highest BCUT2D eigenvalue weighted by atomic mass is 35.5. The quantitative estimate of drug-likeness (QED) is 0.852. The van der Waals surface area contributed by atoms with Crippen LogP contribution in [0.5, 0.6) is 0 Å². The molecule has 0 radical (unpaired) electrons. The lowest BCUT2D eigenvalue weighted by Crippen LogP contribution is -2.31. The van der Waals surface area contributed by atoms with Gasteiger partial charge in [0.05, 0.1) is 0 Å². The van der Waals surface area contributed by atoms with Gasteiger partial charge in [-0.1, -0.05) is 24.4 Å². The molecule has 0 spiro atoms. The first-order chi connectivity index (χ1) is 8.16. The molecule has 0 unspecified atom stereocenters. The third-order valence-corrected chi connectivity index (χ3v) is 4.10. The largest absolute Gasteiger partial charge is 0.310 e. The molecule has 2 rings (SSSR count). The molecule has 1 aliphatic rings. The number of rotatable bonds is 4. The molecule has 17 heavy (non-hydrogen) atoms. The van der Waals surface area contributed by atoms with Crippen molar-refractivity contribution in [3.8, 4) is 0 Å². The fourth-order valence-corrected chi connectivity index (χ4v) is 2.76. The van der Waals surface area contributed by atoms with Crippen molar-refractivity contribution >= 4 is 11.6 Å². The van der Waals surface area contributed by atoms with Gasteiger partial charge in [0, 0.05) is 17.6 Å². The topological polar surface area (TPSA) is 12.0 Å². The average molecular weight is 256 g/mol. The minimum atomic E-state index is -0.222. The van der Waals surface area contributed by atoms with Crippen molar-refractivity contribution in [2.24, 2.45) is 5.92 Å². The van der Waals surface area contributed by atoms with E-state index in [4.69, 9.17) is 11.6 Å². The predicted octanol–water partition coefficient (Wildman–Crippen LogP) is 4.15. The van der Waals surface area contributed by atoms with E-state index in [1.807, 2.05) is 0 Å². The number of benzene rings is 1. The standard InChI is InChI=1S/C14H19ClFN/c1-10(11-4-2-3-5-11)17-9-12-8-13(16)6-7-14(12)15/h6-8,10-11,17H,2-5,9H2,1H3/t10-/m1/s1. The Bertz CT molecular complexity index is 374. The number of halogens is 2. The predicted molar refractivity (Wildman–Crippen MR) is 69.7 cm³/mol. The summed E-state index contributed by atoms with van der Waals surface area (Å²) in [5, 5.41) is 4.09. The van der Waals surface area contributed by atoms with E-state index in [0.717, 1.165) is 11.5 Å². The van der Waals surface area contributed by atoms with Crippen LogP contribution in [-0.2, 0) is 6.54 Å². The second-order valence-corrected chi connectivity index (χ2v) is 5.36. The Balaban J connectivity index is 1.90. The Morgan fingerprint density at radius 3 is 2.82 bits per heavy atom. The second-order valence-electron chi connectivity index (χ2n) is 4.95. The molecule has 1 aliphatic carbocycles. The molecule has 1 aromatic carbocycles. The van der Waals surface area contributed by atoms with Gasteiger partial charge in [0.2, 0.25) is 0 Å². The Hall–Kier alpha value is -0.600. The smallest absolute Gasteiger partial charge is 0.123 e. The highest BCUT2D eigenvalue weighted by molar-refractivity contribution is 6.31. The van der Waals surface area contributed by atoms with Crippen LogP contribution in [0.15, 0.2) is 18.2 Å². The fraction of sp³-hybridized carbons (Fsp3) is 0.571. The summed E-state index contributed by atoms with van der Waals surface area (Å²) in [6.07, 6.45) is 5.31. The zero-order valence-corrected chi connectivity index (χ0v) is 10.9. The fourth-order valence-electron chi connectivity index (χ4n) is 2.57. The van der Waals surface area contributed by atoms with Gasteiger partial charge in [0.1, 0.15) is 5.82 Å². The molecule has 3 heteroatoms. The van der Waals surface area contributed by atoms with Gasteiger partial charge in [-0.05, 0) is 49.4 Å². The van der Waals surface area contributed by atoms with Crippen molar-refractivity contribution in [1.29, 1.82) is 0 Å². The summed E-state index contributed by atoms with van der Waals surface area (Å²) < 4.78 is 13.1. The van der Waals surface area contributed by atoms with Crippen LogP contribution >= 0.6 is 11.6 Å². The van der Waals surface area contributed by atoms with Crippen LogP contribution in [0, 0.1) is 11.7 Å². The van der Waals surface area contributed by atoms with Gasteiger partial charge in [0.15, 0.2) is 0 Å². The summed E-state index contributed by atoms with van der Waals surface area (Å²) in [5.41, 5.74) is 0.844. The maximum absolute atomic E-state index is 13.1. The lowest BCUT2D eigenvalue weighted by atomic mass is 9.99. The van der Waals surface area contributed by atoms with Crippen LogP contribution in [0.25, 0.3) is 0 Å². The highest BCUT2D eigenvalue weighted by Gasteiger charge is 2.21. The molecule has 1 fully saturated rings. The molecule has 1 atom stereocenters. The molecule has 0 aliphatic heterocycles. The summed E-state index contributed by atoms with van der Waals surface area (Å²) >= 11 is 6.03. The lowest BCUT2D eigenvalue weighted by molar-refractivity contribution is 0.380. The minimum Gasteiger partial charge on any atom is -0.310 e. The van der Waals surface area contributed by atoms with Crippen molar-refractivity contribution in [3.05, 3.63) is 34.6 Å². The molecule has 1 aromatic rings. The van der Waals surface area contributed by atoms with E-state index in [1.165, 1.54) is 37.8 Å². The van der Waals surface area contributed by atoms with Crippen LogP contribution in [0.1, 0.15) is 38.2 Å². The van der Waals surface area contributed by atoms with Crippen LogP contribution < -0.4 is 5.32 Å². The SMILES string of the molecule is C[C@@H](NCc1cc(F)ccc1Cl)C1CCCC1. The Kier molecular flexibility index (Phi) is 4.41. The summed E-state index contributed by atoms with van der Waals surface area (Å²) in [5.74, 6) is 0.544. The van der Waals surface area contributed by atoms with Crippen LogP contribution in [0.4, 0.5) is 4.39 Å². The Morgan fingerprint density at radius 2 is 2.12 bits per heavy atom. The van der Waals surface area contributed by atoms with E-state index in [-0.39, 0.29) is 5.82 Å². The van der Waals surface area contributed by atoms with Gasteiger partial charge in [-0.3, -0.25) is 0 Å². The van der Waals surface area contributed by atoms with Crippen molar-refractivity contribution in [3.63, 3.8) is 0 Å². The zero-order chi connectivity index (χ0) is 12.3. The first-order valence-electron chi connectivity index (χ1n) is 6.34. The van der Waals surface area contributed by atoms with E-state index in [0.29, 0.717) is 17.6 Å². The summed E-state index contributed by atoms with van der Waals surface area (Å²) in [7, 11) is 0. The van der Waals surface area contributed by atoms with Crippen LogP contribution in [0.3, 0.4) is 0 Å². The van der Waals surface area contributed by atoms with Crippen molar-refractivity contribution < 1.29 is 4.39 Å². The number of hydrogen-bond donors (Lipinski definition) is 1. The number of hydrogen-bond acceptors (Lipinski definition) is 1. The van der Waals surface area contributed by atoms with Gasteiger partial charge < -0.3 is 5.32 Å². The van der Waals surface area contributed by atoms with Gasteiger partial charge in [-0.2, -0.15) is 0 Å². The summed E-state index contributed by atoms with van der Waals surface area (Å²) in [6.45, 7) is 2.86. The maximum atomic E-state index is 13.1. The molecular formula is C14H19ClFN. The second kappa shape index (κ2) is 5.83. The molecule has 1 N–H and O–H groups in total. The van der Waals surface area contributed by atoms with Gasteiger partial charge in [0.25, 0.3) is 0 Å². The van der Waals surface area contributed by atoms with E-state index < -0.39 is 0 Å². The van der Waals surface area contributed by atoms with E-state index in [2.05, 4.69) is 12.2 Å². The molecule has 0 bridgehead atoms. The van der Waals surface area contributed by atoms with Crippen molar-refractivity contribution in [1.82, 2.24) is 5.32 Å². The summed E-state index contributed by atoms with van der Waals surface area (Å²) in [4.78, 5) is 0. The Morgan fingerprint density at radius 1 is 1.41 bits per heavy atom. The van der Waals surface area contributed by atoms with Crippen LogP contribution in [0.2, 0.25) is 5.02 Å². The van der Waals surface area contributed by atoms with Gasteiger partial charge in [-0.25, -0.2) is 4.39 Å². The van der Waals surface area contributed by atoms with Crippen LogP contribution in [-0.4, -0.2) is 6.04 Å². The molecule has 0 heterocycles.